The maximum atomic E-state index is 11.0. The predicted octanol–water partition coefficient (Wildman–Crippen LogP) is 0.436. The first-order valence-electron chi connectivity index (χ1n) is 3.51. The molecule has 0 saturated heterocycles. The van der Waals surface area contributed by atoms with Gasteiger partial charge in [-0.25, -0.2) is 4.79 Å². The molecular formula is C8H8N2O3. The number of carbonyl (C=O) groups excluding carboxylic acids is 2. The average Bonchev–Trinajstić information content (AvgIpc) is 2.18. The van der Waals surface area contributed by atoms with Crippen LogP contribution in [0.3, 0.4) is 0 Å². The Labute approximate surface area is 74.7 Å². The maximum absolute atomic E-state index is 11.0. The molecule has 0 aromatic carbocycles. The van der Waals surface area contributed by atoms with Crippen molar-refractivity contribution < 1.29 is 14.3 Å². The van der Waals surface area contributed by atoms with Gasteiger partial charge in [0.15, 0.2) is 0 Å². The molecule has 68 valence electrons. The van der Waals surface area contributed by atoms with E-state index in [0.717, 1.165) is 0 Å². The van der Waals surface area contributed by atoms with E-state index in [1.54, 1.807) is 0 Å². The molecule has 0 radical (unpaired) electrons. The first-order chi connectivity index (χ1) is 6.27. The van der Waals surface area contributed by atoms with Gasteiger partial charge < -0.3 is 10.1 Å². The number of pyridine rings is 1. The van der Waals surface area contributed by atoms with E-state index in [1.807, 2.05) is 0 Å². The summed E-state index contributed by atoms with van der Waals surface area (Å²) in [6.45, 7) is 0. The van der Waals surface area contributed by atoms with Crippen molar-refractivity contribution in [2.24, 2.45) is 0 Å². The van der Waals surface area contributed by atoms with E-state index in [4.69, 9.17) is 0 Å². The molecule has 1 aromatic rings. The van der Waals surface area contributed by atoms with Crippen molar-refractivity contribution >= 4 is 18.1 Å². The van der Waals surface area contributed by atoms with Gasteiger partial charge in [-0.3, -0.25) is 9.78 Å². The molecule has 0 aliphatic rings. The normalized spacial score (nSPS) is 9.00. The van der Waals surface area contributed by atoms with Crippen LogP contribution in [-0.4, -0.2) is 24.5 Å². The van der Waals surface area contributed by atoms with E-state index >= 15 is 0 Å². The summed E-state index contributed by atoms with van der Waals surface area (Å²) < 4.78 is 4.47. The second-order valence-corrected chi connectivity index (χ2v) is 2.22. The summed E-state index contributed by atoms with van der Waals surface area (Å²) in [6.07, 6.45) is 3.31. The van der Waals surface area contributed by atoms with Crippen LogP contribution in [0, 0.1) is 0 Å². The number of nitrogens with one attached hydrogen (secondary N) is 1. The summed E-state index contributed by atoms with van der Waals surface area (Å²) >= 11 is 0. The lowest BCUT2D eigenvalue weighted by atomic mass is 10.3. The van der Waals surface area contributed by atoms with Crippen molar-refractivity contribution in [1.29, 1.82) is 0 Å². The van der Waals surface area contributed by atoms with Gasteiger partial charge in [0.25, 0.3) is 0 Å². The van der Waals surface area contributed by atoms with Crippen molar-refractivity contribution in [2.75, 3.05) is 12.4 Å². The van der Waals surface area contributed by atoms with Crippen molar-refractivity contribution in [3.63, 3.8) is 0 Å². The van der Waals surface area contributed by atoms with Crippen LogP contribution in [0.5, 0.6) is 0 Å². The fourth-order valence-corrected chi connectivity index (χ4v) is 0.816. The third kappa shape index (κ3) is 2.26. The Hall–Kier alpha value is -1.91. The summed E-state index contributed by atoms with van der Waals surface area (Å²) in [5.74, 6) is -0.484. The van der Waals surface area contributed by atoms with Crippen LogP contribution in [0.1, 0.15) is 10.4 Å². The Kier molecular flexibility index (Phi) is 2.97. The smallest absolute Gasteiger partial charge is 0.339 e. The lowest BCUT2D eigenvalue weighted by Gasteiger charge is -2.00. The van der Waals surface area contributed by atoms with Gasteiger partial charge >= 0.3 is 5.97 Å². The third-order valence-electron chi connectivity index (χ3n) is 1.38. The Morgan fingerprint density at radius 3 is 3.00 bits per heavy atom. The highest BCUT2D eigenvalue weighted by molar-refractivity contribution is 5.90. The van der Waals surface area contributed by atoms with Gasteiger partial charge in [0.05, 0.1) is 24.6 Å². The quantitative estimate of drug-likeness (QED) is 0.541. The molecule has 0 saturated carbocycles. The van der Waals surface area contributed by atoms with E-state index < -0.39 is 5.97 Å². The largest absolute Gasteiger partial charge is 0.465 e. The van der Waals surface area contributed by atoms with Gasteiger partial charge in [0.2, 0.25) is 6.41 Å². The Morgan fingerprint density at radius 1 is 1.62 bits per heavy atom. The minimum atomic E-state index is -0.484. The Balaban J connectivity index is 2.90. The molecule has 0 aliphatic heterocycles. The minimum Gasteiger partial charge on any atom is -0.465 e. The van der Waals surface area contributed by atoms with Crippen molar-refractivity contribution in [3.05, 3.63) is 24.0 Å². The molecule has 1 heterocycles. The number of nitrogens with zero attached hydrogens (tertiary/aromatic N) is 1. The molecule has 1 rings (SSSR count). The molecule has 0 aliphatic carbocycles. The van der Waals surface area contributed by atoms with E-state index in [9.17, 15) is 9.59 Å². The molecule has 5 heteroatoms. The third-order valence-corrected chi connectivity index (χ3v) is 1.38. The van der Waals surface area contributed by atoms with E-state index in [2.05, 4.69) is 15.0 Å². The molecule has 1 aromatic heterocycles. The number of hydrogen-bond acceptors (Lipinski definition) is 4. The van der Waals surface area contributed by atoms with Crippen molar-refractivity contribution in [1.82, 2.24) is 4.98 Å². The number of amides is 1. The second kappa shape index (κ2) is 4.20. The number of rotatable bonds is 3. The number of aromatic nitrogens is 1. The fourth-order valence-electron chi connectivity index (χ4n) is 0.816. The zero-order valence-corrected chi connectivity index (χ0v) is 6.98. The monoisotopic (exact) mass is 180 g/mol. The number of esters is 1. The summed E-state index contributed by atoms with van der Waals surface area (Å²) in [7, 11) is 1.28. The van der Waals surface area contributed by atoms with Crippen molar-refractivity contribution in [3.8, 4) is 0 Å². The van der Waals surface area contributed by atoms with E-state index in [0.29, 0.717) is 17.7 Å². The summed E-state index contributed by atoms with van der Waals surface area (Å²) in [4.78, 5) is 24.8. The molecule has 0 fully saturated rings. The van der Waals surface area contributed by atoms with E-state index in [-0.39, 0.29) is 0 Å². The van der Waals surface area contributed by atoms with Crippen molar-refractivity contribution in [2.45, 2.75) is 0 Å². The average molecular weight is 180 g/mol. The van der Waals surface area contributed by atoms with Gasteiger partial charge in [-0.05, 0) is 6.07 Å². The SMILES string of the molecule is COC(=O)c1cncc(NC=O)c1. The van der Waals surface area contributed by atoms with Crippen LogP contribution in [0.15, 0.2) is 18.5 Å². The number of ether oxygens (including phenoxy) is 1. The number of methoxy groups -OCH3 is 1. The fraction of sp³-hybridized carbons (Fsp3) is 0.125. The van der Waals surface area contributed by atoms with Gasteiger partial charge in [0, 0.05) is 6.20 Å². The zero-order valence-electron chi connectivity index (χ0n) is 6.98. The molecular weight excluding hydrogens is 172 g/mol. The lowest BCUT2D eigenvalue weighted by molar-refractivity contribution is -0.105. The van der Waals surface area contributed by atoms with Crippen LogP contribution in [0.4, 0.5) is 5.69 Å². The van der Waals surface area contributed by atoms with Crippen LogP contribution >= 0.6 is 0 Å². The summed E-state index contributed by atoms with van der Waals surface area (Å²) in [5, 5.41) is 2.38. The van der Waals surface area contributed by atoms with Crippen LogP contribution in [-0.2, 0) is 9.53 Å². The van der Waals surface area contributed by atoms with Gasteiger partial charge in [-0.1, -0.05) is 0 Å². The van der Waals surface area contributed by atoms with Crippen LogP contribution in [0.2, 0.25) is 0 Å². The number of carbonyl (C=O) groups is 2. The van der Waals surface area contributed by atoms with Gasteiger partial charge in [-0.15, -0.1) is 0 Å². The molecule has 0 atom stereocenters. The second-order valence-electron chi connectivity index (χ2n) is 2.22. The summed E-state index contributed by atoms with van der Waals surface area (Å²) in [6, 6.07) is 1.48. The minimum absolute atomic E-state index is 0.300. The highest BCUT2D eigenvalue weighted by atomic mass is 16.5. The zero-order chi connectivity index (χ0) is 9.68. The standard InChI is InChI=1S/C8H8N2O3/c1-13-8(12)6-2-7(10-5-11)4-9-3-6/h2-5H,1H3,(H,10,11). The first-order valence-corrected chi connectivity index (χ1v) is 3.51. The maximum Gasteiger partial charge on any atom is 0.339 e. The Bertz CT molecular complexity index is 325. The number of anilines is 1. The predicted molar refractivity (Wildman–Crippen MR) is 45.3 cm³/mol. The van der Waals surface area contributed by atoms with E-state index in [1.165, 1.54) is 25.6 Å². The molecule has 13 heavy (non-hydrogen) atoms. The first kappa shape index (κ1) is 9.18. The van der Waals surface area contributed by atoms with Crippen LogP contribution in [0.25, 0.3) is 0 Å². The molecule has 5 nitrogen and oxygen atoms in total. The summed E-state index contributed by atoms with van der Waals surface area (Å²) in [5.41, 5.74) is 0.757. The topological polar surface area (TPSA) is 68.3 Å². The lowest BCUT2D eigenvalue weighted by Crippen LogP contribution is -2.03. The molecule has 1 N–H and O–H groups in total. The molecule has 1 amide bonds. The molecule has 0 unspecified atom stereocenters. The molecule has 0 bridgehead atoms. The van der Waals surface area contributed by atoms with Crippen LogP contribution < -0.4 is 5.32 Å². The highest BCUT2D eigenvalue weighted by Crippen LogP contribution is 2.07. The highest BCUT2D eigenvalue weighted by Gasteiger charge is 2.05. The molecule has 0 spiro atoms. The Morgan fingerprint density at radius 2 is 2.38 bits per heavy atom. The van der Waals surface area contributed by atoms with Gasteiger partial charge in [-0.2, -0.15) is 0 Å². The number of hydrogen-bond donors (Lipinski definition) is 1. The van der Waals surface area contributed by atoms with Gasteiger partial charge in [0.1, 0.15) is 0 Å².